The summed E-state index contributed by atoms with van der Waals surface area (Å²) in [7, 11) is -3.22. The van der Waals surface area contributed by atoms with Crippen molar-refractivity contribution in [2.75, 3.05) is 32.4 Å². The van der Waals surface area contributed by atoms with Gasteiger partial charge in [-0.25, -0.2) is 12.7 Å². The van der Waals surface area contributed by atoms with E-state index in [1.165, 1.54) is 10.6 Å². The van der Waals surface area contributed by atoms with Crippen molar-refractivity contribution in [3.05, 3.63) is 0 Å². The monoisotopic (exact) mass is 359 g/mol. The highest BCUT2D eigenvalue weighted by Crippen LogP contribution is 2.19. The Morgan fingerprint density at radius 2 is 1.83 bits per heavy atom. The summed E-state index contributed by atoms with van der Waals surface area (Å²) in [6.45, 7) is 4.05. The first-order valence-corrected chi connectivity index (χ1v) is 10.7. The van der Waals surface area contributed by atoms with Crippen LogP contribution in [-0.2, 0) is 19.6 Å². The molecule has 2 amide bonds. The fourth-order valence-corrected chi connectivity index (χ4v) is 4.38. The molecule has 24 heavy (non-hydrogen) atoms. The van der Waals surface area contributed by atoms with E-state index in [9.17, 15) is 18.0 Å². The highest BCUT2D eigenvalue weighted by molar-refractivity contribution is 7.88. The van der Waals surface area contributed by atoms with E-state index in [2.05, 4.69) is 5.32 Å². The smallest absolute Gasteiger partial charge is 0.225 e. The molecule has 7 nitrogen and oxygen atoms in total. The molecular formula is C16H29N3O4S. The zero-order chi connectivity index (χ0) is 17.7. The molecule has 2 aliphatic heterocycles. The Balaban J connectivity index is 1.88. The molecule has 0 aromatic heterocycles. The van der Waals surface area contributed by atoms with Gasteiger partial charge in [-0.3, -0.25) is 9.59 Å². The van der Waals surface area contributed by atoms with Gasteiger partial charge in [0.1, 0.15) is 0 Å². The maximum absolute atomic E-state index is 12.5. The van der Waals surface area contributed by atoms with Crippen LogP contribution in [0.15, 0.2) is 0 Å². The number of hydrogen-bond acceptors (Lipinski definition) is 4. The molecular weight excluding hydrogens is 330 g/mol. The highest BCUT2D eigenvalue weighted by atomic mass is 32.2. The summed E-state index contributed by atoms with van der Waals surface area (Å²) in [5, 5.41) is 3.00. The van der Waals surface area contributed by atoms with Gasteiger partial charge in [0.15, 0.2) is 0 Å². The number of nitrogens with one attached hydrogen (secondary N) is 1. The van der Waals surface area contributed by atoms with Crippen LogP contribution in [0.4, 0.5) is 0 Å². The number of rotatable bonds is 5. The van der Waals surface area contributed by atoms with Crippen LogP contribution in [0.1, 0.15) is 45.4 Å². The van der Waals surface area contributed by atoms with Crippen molar-refractivity contribution in [3.8, 4) is 0 Å². The maximum Gasteiger partial charge on any atom is 0.225 e. The van der Waals surface area contributed by atoms with Gasteiger partial charge in [-0.1, -0.05) is 6.92 Å². The van der Waals surface area contributed by atoms with E-state index < -0.39 is 10.0 Å². The zero-order valence-electron chi connectivity index (χ0n) is 14.7. The largest absolute Gasteiger partial charge is 0.352 e. The summed E-state index contributed by atoms with van der Waals surface area (Å²) in [5.74, 6) is -0.117. The second-order valence-corrected chi connectivity index (χ2v) is 8.88. The number of hydrogen-bond donors (Lipinski definition) is 1. The molecule has 8 heteroatoms. The lowest BCUT2D eigenvalue weighted by molar-refractivity contribution is -0.136. The van der Waals surface area contributed by atoms with Gasteiger partial charge in [0.05, 0.1) is 12.2 Å². The van der Waals surface area contributed by atoms with Gasteiger partial charge in [0.25, 0.3) is 0 Å². The normalized spacial score (nSPS) is 26.2. The third-order valence-corrected chi connectivity index (χ3v) is 6.08. The van der Waals surface area contributed by atoms with Crippen molar-refractivity contribution in [2.24, 2.45) is 5.92 Å². The van der Waals surface area contributed by atoms with Crippen LogP contribution in [0.5, 0.6) is 0 Å². The fourth-order valence-electron chi connectivity index (χ4n) is 3.47. The van der Waals surface area contributed by atoms with Crippen LogP contribution >= 0.6 is 0 Å². The lowest BCUT2D eigenvalue weighted by atomic mass is 9.96. The van der Waals surface area contributed by atoms with Crippen molar-refractivity contribution in [1.29, 1.82) is 0 Å². The molecule has 2 unspecified atom stereocenters. The first-order valence-electron chi connectivity index (χ1n) is 8.84. The van der Waals surface area contributed by atoms with Crippen LogP contribution in [0.25, 0.3) is 0 Å². The summed E-state index contributed by atoms with van der Waals surface area (Å²) in [5.41, 5.74) is 0. The predicted octanol–water partition coefficient (Wildman–Crippen LogP) is 0.565. The van der Waals surface area contributed by atoms with Crippen LogP contribution < -0.4 is 5.32 Å². The van der Waals surface area contributed by atoms with Crippen molar-refractivity contribution in [2.45, 2.75) is 51.5 Å². The number of carbonyl (C=O) groups is 2. The first-order chi connectivity index (χ1) is 11.3. The van der Waals surface area contributed by atoms with Crippen molar-refractivity contribution in [1.82, 2.24) is 14.5 Å². The Bertz CT molecular complexity index is 564. The standard InChI is InChI=1S/C16H29N3O4S/c1-3-6-15(20)18-9-4-7-13(11-18)16(21)17-14-8-5-10-19(12-14)24(2,22)23/h13-14H,3-12H2,1-2H3,(H,17,21). The molecule has 2 atom stereocenters. The average Bonchev–Trinajstić information content (AvgIpc) is 2.54. The molecule has 138 valence electrons. The quantitative estimate of drug-likeness (QED) is 0.777. The van der Waals surface area contributed by atoms with E-state index in [4.69, 9.17) is 0 Å². The zero-order valence-corrected chi connectivity index (χ0v) is 15.5. The fraction of sp³-hybridized carbons (Fsp3) is 0.875. The molecule has 2 rings (SSSR count). The van der Waals surface area contributed by atoms with Gasteiger partial charge in [0.2, 0.25) is 21.8 Å². The second-order valence-electron chi connectivity index (χ2n) is 6.90. The topological polar surface area (TPSA) is 86.8 Å². The van der Waals surface area contributed by atoms with Gasteiger partial charge in [-0.2, -0.15) is 0 Å². The van der Waals surface area contributed by atoms with Crippen LogP contribution in [0.3, 0.4) is 0 Å². The summed E-state index contributed by atoms with van der Waals surface area (Å²) in [6, 6.07) is -0.136. The summed E-state index contributed by atoms with van der Waals surface area (Å²) in [6.07, 6.45) is 5.72. The third-order valence-electron chi connectivity index (χ3n) is 4.81. The Morgan fingerprint density at radius 1 is 1.12 bits per heavy atom. The minimum Gasteiger partial charge on any atom is -0.352 e. The molecule has 0 radical (unpaired) electrons. The predicted molar refractivity (Wildman–Crippen MR) is 91.8 cm³/mol. The molecule has 0 aromatic carbocycles. The number of likely N-dealkylation sites (tertiary alicyclic amines) is 1. The second kappa shape index (κ2) is 8.29. The minimum atomic E-state index is -3.22. The average molecular weight is 359 g/mol. The first kappa shape index (κ1) is 19.2. The molecule has 0 aliphatic carbocycles. The van der Waals surface area contributed by atoms with Crippen LogP contribution in [0, 0.1) is 5.92 Å². The van der Waals surface area contributed by atoms with E-state index in [0.717, 1.165) is 38.6 Å². The molecule has 0 aromatic rings. The number of carbonyl (C=O) groups excluding carboxylic acids is 2. The summed E-state index contributed by atoms with van der Waals surface area (Å²) < 4.78 is 24.8. The SMILES string of the molecule is CCCC(=O)N1CCCC(C(=O)NC2CCCN(S(C)(=O)=O)C2)C1. The maximum atomic E-state index is 12.5. The van der Waals surface area contributed by atoms with E-state index in [-0.39, 0.29) is 23.8 Å². The Hall–Kier alpha value is -1.15. The lowest BCUT2D eigenvalue weighted by Crippen LogP contribution is -2.52. The van der Waals surface area contributed by atoms with E-state index in [0.29, 0.717) is 26.1 Å². The molecule has 0 spiro atoms. The van der Waals surface area contributed by atoms with Crippen LogP contribution in [0.2, 0.25) is 0 Å². The van der Waals surface area contributed by atoms with Gasteiger partial charge in [-0.05, 0) is 32.1 Å². The highest BCUT2D eigenvalue weighted by Gasteiger charge is 2.31. The van der Waals surface area contributed by atoms with E-state index in [1.54, 1.807) is 4.90 Å². The summed E-state index contributed by atoms with van der Waals surface area (Å²) >= 11 is 0. The van der Waals surface area contributed by atoms with Gasteiger partial charge >= 0.3 is 0 Å². The number of sulfonamides is 1. The summed E-state index contributed by atoms with van der Waals surface area (Å²) in [4.78, 5) is 26.4. The van der Waals surface area contributed by atoms with E-state index in [1.807, 2.05) is 6.92 Å². The molecule has 2 aliphatic rings. The Labute approximate surface area is 144 Å². The molecule has 2 saturated heterocycles. The molecule has 2 fully saturated rings. The minimum absolute atomic E-state index is 0.0515. The van der Waals surface area contributed by atoms with Gasteiger partial charge in [-0.15, -0.1) is 0 Å². The number of piperidine rings is 2. The number of nitrogens with zero attached hydrogens (tertiary/aromatic N) is 2. The van der Waals surface area contributed by atoms with Crippen molar-refractivity contribution >= 4 is 21.8 Å². The number of amides is 2. The molecule has 2 heterocycles. The molecule has 0 bridgehead atoms. The van der Waals surface area contributed by atoms with Crippen molar-refractivity contribution in [3.63, 3.8) is 0 Å². The third kappa shape index (κ3) is 5.17. The van der Waals surface area contributed by atoms with E-state index >= 15 is 0 Å². The Morgan fingerprint density at radius 3 is 2.50 bits per heavy atom. The Kier molecular flexibility index (Phi) is 6.62. The molecule has 1 N–H and O–H groups in total. The lowest BCUT2D eigenvalue weighted by Gasteiger charge is -2.35. The molecule has 0 saturated carbocycles. The van der Waals surface area contributed by atoms with Gasteiger partial charge in [0, 0.05) is 38.6 Å². The van der Waals surface area contributed by atoms with Gasteiger partial charge < -0.3 is 10.2 Å². The van der Waals surface area contributed by atoms with Crippen molar-refractivity contribution < 1.29 is 18.0 Å². The van der Waals surface area contributed by atoms with Crippen LogP contribution in [-0.4, -0.2) is 67.9 Å².